The van der Waals surface area contributed by atoms with Gasteiger partial charge in [0.25, 0.3) is 0 Å². The normalized spacial score (nSPS) is 14.8. The van der Waals surface area contributed by atoms with E-state index in [1.807, 2.05) is 38.0 Å². The second kappa shape index (κ2) is 16.4. The van der Waals surface area contributed by atoms with Crippen molar-refractivity contribution in [3.8, 4) is 0 Å². The topological polar surface area (TPSA) is 34.2 Å². The van der Waals surface area contributed by atoms with Crippen molar-refractivity contribution in [2.24, 2.45) is 0 Å². The van der Waals surface area contributed by atoms with E-state index in [1.54, 1.807) is 60.7 Å². The van der Waals surface area contributed by atoms with Crippen LogP contribution in [-0.4, -0.2) is 79.3 Å². The number of hydrogen-bond donors (Lipinski definition) is 0. The Kier molecular flexibility index (Phi) is 12.8. The van der Waals surface area contributed by atoms with Crippen LogP contribution >= 0.6 is 0 Å². The Morgan fingerprint density at radius 3 is 1.02 bits per heavy atom. The molecule has 0 saturated heterocycles. The van der Waals surface area contributed by atoms with E-state index < -0.39 is 34.5 Å². The van der Waals surface area contributed by atoms with E-state index in [0.29, 0.717) is 24.2 Å². The molecule has 0 aliphatic rings. The molecule has 4 aromatic carbocycles. The Morgan fingerprint density at radius 1 is 0.449 bits per heavy atom. The summed E-state index contributed by atoms with van der Waals surface area (Å²) >= 11 is 0. The average molecular weight is 682 g/mol. The molecule has 13 heteroatoms. The van der Waals surface area contributed by atoms with Crippen LogP contribution in [0.2, 0.25) is 0 Å². The van der Waals surface area contributed by atoms with E-state index in [4.69, 9.17) is 14.0 Å². The number of ether oxygens (including phenoxy) is 1. The molecule has 0 aromatic heterocycles. The van der Waals surface area contributed by atoms with Crippen LogP contribution in [0.3, 0.4) is 0 Å². The molecule has 49 heavy (non-hydrogen) atoms. The zero-order chi connectivity index (χ0) is 35.7. The van der Waals surface area contributed by atoms with Gasteiger partial charge in [0, 0.05) is 26.3 Å². The van der Waals surface area contributed by atoms with E-state index in [1.165, 1.54) is 39.2 Å². The molecule has 0 N–H and O–H groups in total. The fourth-order valence-electron chi connectivity index (χ4n) is 5.15. The number of halogens is 6. The van der Waals surface area contributed by atoms with Gasteiger partial charge in [-0.05, 0) is 74.7 Å². The lowest BCUT2D eigenvalue weighted by molar-refractivity contribution is -0.138. The van der Waals surface area contributed by atoms with Gasteiger partial charge in [-0.1, -0.05) is 84.9 Å². The van der Waals surface area contributed by atoms with Crippen LogP contribution in [0.25, 0.3) is 0 Å². The molecule has 0 spiro atoms. The number of alkyl halides is 6. The number of rotatable bonds is 16. The molecule has 0 amide bonds. The van der Waals surface area contributed by atoms with Crippen LogP contribution in [0.1, 0.15) is 33.4 Å². The summed E-state index contributed by atoms with van der Waals surface area (Å²) in [5.74, 6) is 0. The largest absolute Gasteiger partial charge is 0.435 e. The van der Waals surface area contributed by atoms with E-state index in [-0.39, 0.29) is 24.3 Å². The molecule has 5 nitrogen and oxygen atoms in total. The van der Waals surface area contributed by atoms with Crippen molar-refractivity contribution >= 4 is 15.0 Å². The maximum absolute atomic E-state index is 13.7. The van der Waals surface area contributed by atoms with Gasteiger partial charge in [-0.2, -0.15) is 26.3 Å². The summed E-state index contributed by atoms with van der Waals surface area (Å²) in [7, 11) is 10.3. The number of likely N-dealkylation sites (N-methyl/N-ethyl adjacent to an activating group) is 2. The first-order valence-corrected chi connectivity index (χ1v) is 15.6. The number of nitrogens with zero attached hydrogens (tertiary/aromatic N) is 2. The molecule has 0 saturated carbocycles. The monoisotopic (exact) mass is 682 g/mol. The van der Waals surface area contributed by atoms with Gasteiger partial charge >= 0.3 is 27.3 Å². The summed E-state index contributed by atoms with van der Waals surface area (Å²) in [6, 6.07) is 26.7. The minimum absolute atomic E-state index is 0.202. The van der Waals surface area contributed by atoms with Crippen LogP contribution in [0, 0.1) is 0 Å². The second-order valence-electron chi connectivity index (χ2n) is 12.0. The molecular weight excluding hydrogens is 644 g/mol. The SMILES string of the molecule is CN(C)CCO[B]C(OC([B]OCCN(C)C)(c1ccccc1)c1ccc(C(F)(F)F)cc1)(c1ccccc1)c1ccc(C(F)(F)F)cc1. The lowest BCUT2D eigenvalue weighted by Crippen LogP contribution is -2.51. The highest BCUT2D eigenvalue weighted by Crippen LogP contribution is 2.45. The minimum atomic E-state index is -4.59. The van der Waals surface area contributed by atoms with E-state index in [0.717, 1.165) is 24.3 Å². The first kappa shape index (κ1) is 38.2. The number of benzene rings is 4. The van der Waals surface area contributed by atoms with Crippen molar-refractivity contribution in [3.63, 3.8) is 0 Å². The van der Waals surface area contributed by atoms with Gasteiger partial charge in [-0.25, -0.2) is 0 Å². The Bertz CT molecular complexity index is 1460. The Hall–Kier alpha value is -3.61. The van der Waals surface area contributed by atoms with Crippen LogP contribution in [0.5, 0.6) is 0 Å². The third-order valence-electron chi connectivity index (χ3n) is 7.82. The zero-order valence-electron chi connectivity index (χ0n) is 27.8. The first-order valence-electron chi connectivity index (χ1n) is 15.6. The average Bonchev–Trinajstić information content (AvgIpc) is 3.07. The molecule has 2 atom stereocenters. The Labute approximate surface area is 285 Å². The molecular formula is C36H38B2F6N2O3. The van der Waals surface area contributed by atoms with E-state index in [9.17, 15) is 26.3 Å². The van der Waals surface area contributed by atoms with Crippen LogP contribution in [0.15, 0.2) is 109 Å². The highest BCUT2D eigenvalue weighted by molar-refractivity contribution is 6.36. The fraction of sp³-hybridized carbons (Fsp3) is 0.333. The molecule has 0 aliphatic heterocycles. The summed E-state index contributed by atoms with van der Waals surface area (Å²) in [5, 5.41) is 0. The molecule has 0 bridgehead atoms. The highest BCUT2D eigenvalue weighted by Gasteiger charge is 2.49. The Morgan fingerprint density at radius 2 is 0.735 bits per heavy atom. The smallest absolute Gasteiger partial charge is 0.416 e. The van der Waals surface area contributed by atoms with Gasteiger partial charge in [-0.3, -0.25) is 0 Å². The molecule has 258 valence electrons. The van der Waals surface area contributed by atoms with Crippen molar-refractivity contribution in [2.75, 3.05) is 54.5 Å². The van der Waals surface area contributed by atoms with Gasteiger partial charge in [0.05, 0.1) is 11.1 Å². The van der Waals surface area contributed by atoms with Gasteiger partial charge in [0.15, 0.2) is 0 Å². The van der Waals surface area contributed by atoms with Crippen molar-refractivity contribution in [1.82, 2.24) is 9.80 Å². The predicted octanol–water partition coefficient (Wildman–Crippen LogP) is 7.24. The quantitative estimate of drug-likeness (QED) is 0.0708. The first-order chi connectivity index (χ1) is 23.2. The van der Waals surface area contributed by atoms with Crippen molar-refractivity contribution in [2.45, 2.75) is 23.4 Å². The van der Waals surface area contributed by atoms with Gasteiger partial charge < -0.3 is 23.8 Å². The lowest BCUT2D eigenvalue weighted by Gasteiger charge is -2.44. The fourth-order valence-corrected chi connectivity index (χ4v) is 5.15. The molecule has 0 fully saturated rings. The number of hydrogen-bond acceptors (Lipinski definition) is 5. The third kappa shape index (κ3) is 9.76. The van der Waals surface area contributed by atoms with E-state index in [2.05, 4.69) is 0 Å². The maximum atomic E-state index is 13.7. The summed E-state index contributed by atoms with van der Waals surface area (Å²) < 4.78 is 102. The Balaban J connectivity index is 2.01. The molecule has 2 radical (unpaired) electrons. The molecule has 0 heterocycles. The van der Waals surface area contributed by atoms with Crippen molar-refractivity contribution in [3.05, 3.63) is 143 Å². The minimum Gasteiger partial charge on any atom is -0.435 e. The van der Waals surface area contributed by atoms with Crippen molar-refractivity contribution < 1.29 is 40.4 Å². The summed E-state index contributed by atoms with van der Waals surface area (Å²) in [4.78, 5) is 3.81. The molecule has 2 unspecified atom stereocenters. The lowest BCUT2D eigenvalue weighted by atomic mass is 9.60. The third-order valence-corrected chi connectivity index (χ3v) is 7.82. The maximum Gasteiger partial charge on any atom is 0.416 e. The summed E-state index contributed by atoms with van der Waals surface area (Å²) in [6.45, 7) is 1.42. The van der Waals surface area contributed by atoms with Crippen molar-refractivity contribution in [1.29, 1.82) is 0 Å². The summed E-state index contributed by atoms with van der Waals surface area (Å²) in [5.41, 5.74) is -3.61. The van der Waals surface area contributed by atoms with Gasteiger partial charge in [0.2, 0.25) is 0 Å². The zero-order valence-corrected chi connectivity index (χ0v) is 27.8. The summed E-state index contributed by atoms with van der Waals surface area (Å²) in [6.07, 6.45) is -9.19. The predicted molar refractivity (Wildman–Crippen MR) is 179 cm³/mol. The standard InChI is InChI=1S/C36H38B2F6N2O3/c1-45(2)23-25-47-37-33(27-11-7-5-8-12-27,29-15-19-31(20-16-29)35(39,40)41)49-34(28-13-9-6-10-14-28,38-48-26-24-46(3)4)30-17-21-32(22-18-30)36(42,43)44/h5-22H,23-26H2,1-4H3. The van der Waals surface area contributed by atoms with Crippen LogP contribution in [0.4, 0.5) is 26.3 Å². The molecule has 4 rings (SSSR count). The van der Waals surface area contributed by atoms with Gasteiger partial charge in [-0.15, -0.1) is 0 Å². The van der Waals surface area contributed by atoms with E-state index >= 15 is 0 Å². The van der Waals surface area contributed by atoms with Crippen LogP contribution in [-0.2, 0) is 37.4 Å². The molecule has 0 aliphatic carbocycles. The molecule has 4 aromatic rings. The highest BCUT2D eigenvalue weighted by atomic mass is 19.4. The van der Waals surface area contributed by atoms with Gasteiger partial charge in [0.1, 0.15) is 11.0 Å². The second-order valence-corrected chi connectivity index (χ2v) is 12.0. The van der Waals surface area contributed by atoms with Crippen LogP contribution < -0.4 is 0 Å².